The first kappa shape index (κ1) is 12.8. The van der Waals surface area contributed by atoms with Crippen LogP contribution in [0.3, 0.4) is 0 Å². The summed E-state index contributed by atoms with van der Waals surface area (Å²) in [5.74, 6) is -0.291. The zero-order valence-electron chi connectivity index (χ0n) is 10.7. The number of aromatic nitrogens is 2. The molecule has 0 aliphatic carbocycles. The van der Waals surface area contributed by atoms with Gasteiger partial charge in [0.15, 0.2) is 5.69 Å². The van der Waals surface area contributed by atoms with E-state index < -0.39 is 5.97 Å². The van der Waals surface area contributed by atoms with E-state index in [9.17, 15) is 4.79 Å². The Balaban J connectivity index is 2.16. The highest BCUT2D eigenvalue weighted by atomic mass is 16.4. The quantitative estimate of drug-likeness (QED) is 0.833. The second kappa shape index (κ2) is 5.30. The summed E-state index contributed by atoms with van der Waals surface area (Å²) in [5.41, 5.74) is -0.0154. The van der Waals surface area contributed by atoms with Gasteiger partial charge in [-0.3, -0.25) is 0 Å². The number of aromatic carboxylic acids is 1. The molecule has 1 aliphatic heterocycles. The van der Waals surface area contributed by atoms with Gasteiger partial charge >= 0.3 is 5.97 Å². The largest absolute Gasteiger partial charge is 0.476 e. The van der Waals surface area contributed by atoms with Gasteiger partial charge in [-0.2, -0.15) is 0 Å². The van der Waals surface area contributed by atoms with Gasteiger partial charge in [-0.25, -0.2) is 14.8 Å². The third kappa shape index (κ3) is 2.76. The Hall–Kier alpha value is -1.69. The molecule has 1 aromatic heterocycles. The van der Waals surface area contributed by atoms with E-state index in [4.69, 9.17) is 5.11 Å². The first-order valence-electron chi connectivity index (χ1n) is 6.08. The minimum absolute atomic E-state index is 0.0154. The number of anilines is 1. The van der Waals surface area contributed by atoms with Gasteiger partial charge in [-0.15, -0.1) is 0 Å². The molecule has 1 unspecified atom stereocenters. The van der Waals surface area contributed by atoms with Gasteiger partial charge in [0.25, 0.3) is 0 Å². The molecule has 6 nitrogen and oxygen atoms in total. The Bertz CT molecular complexity index is 421. The number of hydrogen-bond acceptors (Lipinski definition) is 5. The minimum atomic E-state index is -1.04. The van der Waals surface area contributed by atoms with E-state index in [1.807, 2.05) is 0 Å². The van der Waals surface area contributed by atoms with E-state index in [0.717, 1.165) is 31.9 Å². The fraction of sp³-hybridized carbons (Fsp3) is 0.583. The molecule has 1 saturated heterocycles. The summed E-state index contributed by atoms with van der Waals surface area (Å²) in [6.07, 6.45) is 3.94. The number of nitrogens with zero attached hydrogens (tertiary/aromatic N) is 4. The van der Waals surface area contributed by atoms with E-state index in [1.165, 1.54) is 6.20 Å². The molecule has 1 aromatic rings. The van der Waals surface area contributed by atoms with Gasteiger partial charge in [0, 0.05) is 19.1 Å². The lowest BCUT2D eigenvalue weighted by Gasteiger charge is -2.28. The molecule has 0 spiro atoms. The molecule has 0 bridgehead atoms. The summed E-state index contributed by atoms with van der Waals surface area (Å²) in [7, 11) is 2.11. The molecule has 0 saturated carbocycles. The van der Waals surface area contributed by atoms with Crippen molar-refractivity contribution in [2.24, 2.45) is 0 Å². The number of carboxylic acids is 1. The van der Waals surface area contributed by atoms with Gasteiger partial charge in [0.05, 0.1) is 12.4 Å². The molecule has 2 rings (SSSR count). The van der Waals surface area contributed by atoms with Gasteiger partial charge in [0.1, 0.15) is 5.82 Å². The lowest BCUT2D eigenvalue weighted by molar-refractivity contribution is 0.0690. The highest BCUT2D eigenvalue weighted by Crippen LogP contribution is 2.16. The predicted molar refractivity (Wildman–Crippen MR) is 67.9 cm³/mol. The van der Waals surface area contributed by atoms with Crippen LogP contribution >= 0.6 is 0 Å². The average Bonchev–Trinajstić information content (AvgIpc) is 2.50. The average molecular weight is 250 g/mol. The first-order valence-corrected chi connectivity index (χ1v) is 6.08. The highest BCUT2D eigenvalue weighted by molar-refractivity contribution is 5.84. The molecule has 2 heterocycles. The predicted octanol–water partition coefficient (Wildman–Crippen LogP) is 0.705. The van der Waals surface area contributed by atoms with Crippen LogP contribution < -0.4 is 4.90 Å². The topological polar surface area (TPSA) is 69.6 Å². The molecule has 1 N–H and O–H groups in total. The summed E-state index contributed by atoms with van der Waals surface area (Å²) in [6.45, 7) is 5.12. The van der Waals surface area contributed by atoms with Gasteiger partial charge < -0.3 is 14.9 Å². The van der Waals surface area contributed by atoms with Crippen molar-refractivity contribution >= 4 is 11.8 Å². The van der Waals surface area contributed by atoms with Crippen LogP contribution in [0.15, 0.2) is 12.4 Å². The van der Waals surface area contributed by atoms with Crippen LogP contribution in [0.25, 0.3) is 0 Å². The van der Waals surface area contributed by atoms with Crippen molar-refractivity contribution in [1.82, 2.24) is 14.9 Å². The van der Waals surface area contributed by atoms with Crippen molar-refractivity contribution < 1.29 is 9.90 Å². The van der Waals surface area contributed by atoms with Gasteiger partial charge in [0.2, 0.25) is 0 Å². The first-order chi connectivity index (χ1) is 8.58. The summed E-state index contributed by atoms with van der Waals surface area (Å²) >= 11 is 0. The molecular weight excluding hydrogens is 232 g/mol. The zero-order valence-corrected chi connectivity index (χ0v) is 10.7. The Labute approximate surface area is 106 Å². The van der Waals surface area contributed by atoms with Crippen molar-refractivity contribution in [3.05, 3.63) is 18.1 Å². The number of hydrogen-bond donors (Lipinski definition) is 1. The SMILES string of the molecule is CC1CN(C)CCCN1c1cnc(C(=O)O)cn1. The van der Waals surface area contributed by atoms with Crippen LogP contribution in [0, 0.1) is 0 Å². The van der Waals surface area contributed by atoms with Crippen molar-refractivity contribution in [2.45, 2.75) is 19.4 Å². The van der Waals surface area contributed by atoms with E-state index in [2.05, 4.69) is 33.7 Å². The summed E-state index contributed by atoms with van der Waals surface area (Å²) in [6, 6.07) is 0.350. The van der Waals surface area contributed by atoms with Gasteiger partial charge in [-0.1, -0.05) is 0 Å². The van der Waals surface area contributed by atoms with Crippen molar-refractivity contribution in [3.8, 4) is 0 Å². The maximum Gasteiger partial charge on any atom is 0.356 e. The Kier molecular flexibility index (Phi) is 3.76. The summed E-state index contributed by atoms with van der Waals surface area (Å²) in [4.78, 5) is 23.3. The fourth-order valence-electron chi connectivity index (χ4n) is 2.29. The molecule has 0 amide bonds. The van der Waals surface area contributed by atoms with Crippen LogP contribution in [-0.4, -0.2) is 58.7 Å². The molecule has 1 fully saturated rings. The number of likely N-dealkylation sites (N-methyl/N-ethyl adjacent to an activating group) is 1. The molecule has 1 atom stereocenters. The van der Waals surface area contributed by atoms with Gasteiger partial charge in [-0.05, 0) is 26.9 Å². The number of rotatable bonds is 2. The lowest BCUT2D eigenvalue weighted by Crippen LogP contribution is -2.38. The smallest absolute Gasteiger partial charge is 0.356 e. The third-order valence-corrected chi connectivity index (χ3v) is 3.20. The van der Waals surface area contributed by atoms with Crippen LogP contribution in [-0.2, 0) is 0 Å². The summed E-state index contributed by atoms with van der Waals surface area (Å²) < 4.78 is 0. The molecule has 1 aliphatic rings. The van der Waals surface area contributed by atoms with Crippen molar-refractivity contribution in [2.75, 3.05) is 31.6 Å². The molecule has 0 aromatic carbocycles. The molecule has 6 heteroatoms. The van der Waals surface area contributed by atoms with Crippen LogP contribution in [0.4, 0.5) is 5.82 Å². The van der Waals surface area contributed by atoms with E-state index >= 15 is 0 Å². The molecule has 98 valence electrons. The Morgan fingerprint density at radius 1 is 1.39 bits per heavy atom. The van der Waals surface area contributed by atoms with Crippen molar-refractivity contribution in [1.29, 1.82) is 0 Å². The maximum atomic E-state index is 10.7. The monoisotopic (exact) mass is 250 g/mol. The lowest BCUT2D eigenvalue weighted by atomic mass is 10.3. The van der Waals surface area contributed by atoms with Crippen molar-refractivity contribution in [3.63, 3.8) is 0 Å². The van der Waals surface area contributed by atoms with E-state index in [1.54, 1.807) is 6.20 Å². The number of carboxylic acid groups (broad SMARTS) is 1. The Morgan fingerprint density at radius 3 is 2.78 bits per heavy atom. The minimum Gasteiger partial charge on any atom is -0.476 e. The van der Waals surface area contributed by atoms with Crippen LogP contribution in [0.5, 0.6) is 0 Å². The second-order valence-electron chi connectivity index (χ2n) is 4.72. The standard InChI is InChI=1S/C12H18N4O2/c1-9-8-15(2)4-3-5-16(9)11-7-13-10(6-14-11)12(17)18/h6-7,9H,3-5,8H2,1-2H3,(H,17,18). The second-order valence-corrected chi connectivity index (χ2v) is 4.72. The fourth-order valence-corrected chi connectivity index (χ4v) is 2.29. The van der Waals surface area contributed by atoms with Crippen LogP contribution in [0.2, 0.25) is 0 Å². The van der Waals surface area contributed by atoms with E-state index in [-0.39, 0.29) is 5.69 Å². The van der Waals surface area contributed by atoms with E-state index in [0.29, 0.717) is 6.04 Å². The Morgan fingerprint density at radius 2 is 2.17 bits per heavy atom. The maximum absolute atomic E-state index is 10.7. The summed E-state index contributed by atoms with van der Waals surface area (Å²) in [5, 5.41) is 8.79. The molecular formula is C12H18N4O2. The normalized spacial score (nSPS) is 21.7. The third-order valence-electron chi connectivity index (χ3n) is 3.20. The highest BCUT2D eigenvalue weighted by Gasteiger charge is 2.21. The zero-order chi connectivity index (χ0) is 13.1. The van der Waals surface area contributed by atoms with Crippen LogP contribution in [0.1, 0.15) is 23.8 Å². The molecule has 18 heavy (non-hydrogen) atoms. The number of carbonyl (C=O) groups is 1. The molecule has 0 radical (unpaired) electrons.